The number of H-pyrrole nitrogens is 1. The Balaban J connectivity index is 1.93. The van der Waals surface area contributed by atoms with Crippen LogP contribution in [-0.2, 0) is 0 Å². The number of aromatic amines is 1. The molecule has 0 aliphatic rings. The number of ether oxygens (including phenoxy) is 3. The highest BCUT2D eigenvalue weighted by atomic mass is 16.5. The van der Waals surface area contributed by atoms with E-state index in [-0.39, 0.29) is 0 Å². The van der Waals surface area contributed by atoms with Crippen LogP contribution in [0.15, 0.2) is 48.7 Å². The smallest absolute Gasteiger partial charge is 0.171 e. The zero-order valence-corrected chi connectivity index (χ0v) is 14.0. The number of imidazole rings is 1. The lowest BCUT2D eigenvalue weighted by molar-refractivity contribution is 0.340. The Labute approximate surface area is 141 Å². The van der Waals surface area contributed by atoms with Crippen molar-refractivity contribution in [3.63, 3.8) is 0 Å². The minimum atomic E-state index is 0.656. The lowest BCUT2D eigenvalue weighted by atomic mass is 10.1. The predicted octanol–water partition coefficient (Wildman–Crippen LogP) is 4.16. The van der Waals surface area contributed by atoms with Crippen LogP contribution in [-0.4, -0.2) is 30.8 Å². The van der Waals surface area contributed by atoms with E-state index in [1.807, 2.05) is 55.6 Å². The first-order valence-electron chi connectivity index (χ1n) is 7.76. The fourth-order valence-corrected chi connectivity index (χ4v) is 2.58. The van der Waals surface area contributed by atoms with E-state index in [2.05, 4.69) is 9.97 Å². The normalized spacial score (nSPS) is 10.5. The summed E-state index contributed by atoms with van der Waals surface area (Å²) < 4.78 is 16.3. The van der Waals surface area contributed by atoms with Crippen LogP contribution < -0.4 is 14.2 Å². The minimum Gasteiger partial charge on any atom is -0.494 e. The Morgan fingerprint density at radius 2 is 1.79 bits per heavy atom. The van der Waals surface area contributed by atoms with Crippen molar-refractivity contribution < 1.29 is 14.2 Å². The molecule has 1 N–H and O–H groups in total. The lowest BCUT2D eigenvalue weighted by Gasteiger charge is -2.10. The van der Waals surface area contributed by atoms with Crippen molar-refractivity contribution in [1.82, 2.24) is 9.97 Å². The van der Waals surface area contributed by atoms with Crippen LogP contribution in [0.5, 0.6) is 17.2 Å². The fraction of sp³-hybridized carbons (Fsp3) is 0.211. The van der Waals surface area contributed by atoms with E-state index < -0.39 is 0 Å². The summed E-state index contributed by atoms with van der Waals surface area (Å²) in [4.78, 5) is 7.82. The number of nitrogens with zero attached hydrogens (tertiary/aromatic N) is 1. The van der Waals surface area contributed by atoms with Gasteiger partial charge in [0.05, 0.1) is 38.3 Å². The Hall–Kier alpha value is -2.95. The minimum absolute atomic E-state index is 0.656. The number of aromatic nitrogens is 2. The second kappa shape index (κ2) is 7.08. The SMILES string of the molecule is CCOc1ccc(-c2cnc(-c3cccc(OC)c3OC)[nH]2)cc1. The van der Waals surface area contributed by atoms with Gasteiger partial charge in [0.1, 0.15) is 11.6 Å². The molecule has 0 unspecified atom stereocenters. The summed E-state index contributed by atoms with van der Waals surface area (Å²) in [5.41, 5.74) is 2.83. The number of para-hydroxylation sites is 1. The highest BCUT2D eigenvalue weighted by molar-refractivity contribution is 5.71. The number of benzene rings is 2. The van der Waals surface area contributed by atoms with Crippen LogP contribution >= 0.6 is 0 Å². The molecular weight excluding hydrogens is 304 g/mol. The average Bonchev–Trinajstić information content (AvgIpc) is 3.11. The van der Waals surface area contributed by atoms with Crippen LogP contribution in [0.3, 0.4) is 0 Å². The molecule has 0 amide bonds. The van der Waals surface area contributed by atoms with Gasteiger partial charge in [0.25, 0.3) is 0 Å². The summed E-state index contributed by atoms with van der Waals surface area (Å²) in [6, 6.07) is 13.6. The van der Waals surface area contributed by atoms with Gasteiger partial charge in [-0.05, 0) is 48.9 Å². The van der Waals surface area contributed by atoms with Gasteiger partial charge in [0, 0.05) is 0 Å². The van der Waals surface area contributed by atoms with Crippen molar-refractivity contribution >= 4 is 0 Å². The maximum Gasteiger partial charge on any atom is 0.171 e. The number of hydrogen-bond donors (Lipinski definition) is 1. The Bertz CT molecular complexity index is 810. The van der Waals surface area contributed by atoms with E-state index in [0.29, 0.717) is 18.1 Å². The van der Waals surface area contributed by atoms with E-state index in [4.69, 9.17) is 14.2 Å². The van der Waals surface area contributed by atoms with Gasteiger partial charge in [-0.25, -0.2) is 4.98 Å². The van der Waals surface area contributed by atoms with Crippen LogP contribution in [0.4, 0.5) is 0 Å². The molecule has 5 heteroatoms. The molecule has 0 saturated heterocycles. The highest BCUT2D eigenvalue weighted by Gasteiger charge is 2.14. The van der Waals surface area contributed by atoms with E-state index in [1.165, 1.54) is 0 Å². The quantitative estimate of drug-likeness (QED) is 0.740. The van der Waals surface area contributed by atoms with Gasteiger partial charge in [0.15, 0.2) is 11.5 Å². The zero-order valence-electron chi connectivity index (χ0n) is 14.0. The van der Waals surface area contributed by atoms with Crippen LogP contribution in [0.2, 0.25) is 0 Å². The maximum atomic E-state index is 5.48. The third-order valence-corrected chi connectivity index (χ3v) is 3.71. The van der Waals surface area contributed by atoms with Crippen LogP contribution in [0, 0.1) is 0 Å². The molecule has 0 bridgehead atoms. The molecule has 0 radical (unpaired) electrons. The summed E-state index contributed by atoms with van der Waals surface area (Å²) in [6.45, 7) is 2.62. The van der Waals surface area contributed by atoms with Crippen molar-refractivity contribution in [2.75, 3.05) is 20.8 Å². The summed E-state index contributed by atoms with van der Waals surface area (Å²) in [5, 5.41) is 0. The Morgan fingerprint density at radius 1 is 1.00 bits per heavy atom. The summed E-state index contributed by atoms with van der Waals surface area (Å²) in [6.07, 6.45) is 1.81. The molecule has 1 aromatic heterocycles. The molecule has 0 spiro atoms. The highest BCUT2D eigenvalue weighted by Crippen LogP contribution is 2.37. The lowest BCUT2D eigenvalue weighted by Crippen LogP contribution is -1.94. The zero-order chi connectivity index (χ0) is 16.9. The number of rotatable bonds is 6. The Kier molecular flexibility index (Phi) is 4.70. The van der Waals surface area contributed by atoms with Gasteiger partial charge in [-0.15, -0.1) is 0 Å². The third kappa shape index (κ3) is 3.06. The first-order valence-corrected chi connectivity index (χ1v) is 7.76. The molecule has 0 atom stereocenters. The summed E-state index contributed by atoms with van der Waals surface area (Å²) >= 11 is 0. The second-order valence-corrected chi connectivity index (χ2v) is 5.14. The average molecular weight is 324 g/mol. The van der Waals surface area contributed by atoms with Crippen molar-refractivity contribution in [3.05, 3.63) is 48.7 Å². The molecule has 1 heterocycles. The standard InChI is InChI=1S/C19H20N2O3/c1-4-24-14-10-8-13(9-11-14)16-12-20-19(21-16)15-6-5-7-17(22-2)18(15)23-3/h5-12H,4H2,1-3H3,(H,20,21). The van der Waals surface area contributed by atoms with Crippen LogP contribution in [0.1, 0.15) is 6.92 Å². The molecule has 0 aliphatic carbocycles. The van der Waals surface area contributed by atoms with Gasteiger partial charge in [0.2, 0.25) is 0 Å². The largest absolute Gasteiger partial charge is 0.494 e. The second-order valence-electron chi connectivity index (χ2n) is 5.14. The van der Waals surface area contributed by atoms with Gasteiger partial charge in [-0.2, -0.15) is 0 Å². The van der Waals surface area contributed by atoms with Gasteiger partial charge < -0.3 is 19.2 Å². The van der Waals surface area contributed by atoms with Crippen molar-refractivity contribution in [3.8, 4) is 39.9 Å². The summed E-state index contributed by atoms with van der Waals surface area (Å²) in [5.74, 6) is 2.92. The van der Waals surface area contributed by atoms with Crippen molar-refractivity contribution in [2.45, 2.75) is 6.92 Å². The van der Waals surface area contributed by atoms with Crippen molar-refractivity contribution in [1.29, 1.82) is 0 Å². The molecule has 2 aromatic carbocycles. The predicted molar refractivity (Wildman–Crippen MR) is 93.7 cm³/mol. The van der Waals surface area contributed by atoms with E-state index >= 15 is 0 Å². The number of nitrogens with one attached hydrogen (secondary N) is 1. The van der Waals surface area contributed by atoms with Crippen molar-refractivity contribution in [2.24, 2.45) is 0 Å². The third-order valence-electron chi connectivity index (χ3n) is 3.71. The molecular formula is C19H20N2O3. The van der Waals surface area contributed by atoms with Gasteiger partial charge in [-0.1, -0.05) is 6.07 Å². The molecule has 0 aliphatic heterocycles. The monoisotopic (exact) mass is 324 g/mol. The molecule has 124 valence electrons. The molecule has 3 rings (SSSR count). The molecule has 0 fully saturated rings. The van der Waals surface area contributed by atoms with E-state index in [9.17, 15) is 0 Å². The molecule has 0 saturated carbocycles. The Morgan fingerprint density at radius 3 is 2.46 bits per heavy atom. The molecule has 5 nitrogen and oxygen atoms in total. The molecule has 24 heavy (non-hydrogen) atoms. The maximum absolute atomic E-state index is 5.48. The number of methoxy groups -OCH3 is 2. The van der Waals surface area contributed by atoms with Crippen LogP contribution in [0.25, 0.3) is 22.6 Å². The number of hydrogen-bond acceptors (Lipinski definition) is 4. The van der Waals surface area contributed by atoms with Gasteiger partial charge >= 0.3 is 0 Å². The fourth-order valence-electron chi connectivity index (χ4n) is 2.58. The van der Waals surface area contributed by atoms with E-state index in [0.717, 1.165) is 28.4 Å². The molecule has 3 aromatic rings. The first kappa shape index (κ1) is 15.9. The van der Waals surface area contributed by atoms with E-state index in [1.54, 1.807) is 14.2 Å². The van der Waals surface area contributed by atoms with Gasteiger partial charge in [-0.3, -0.25) is 0 Å². The first-order chi connectivity index (χ1) is 11.8. The topological polar surface area (TPSA) is 56.4 Å². The summed E-state index contributed by atoms with van der Waals surface area (Å²) in [7, 11) is 3.24.